The van der Waals surface area contributed by atoms with Gasteiger partial charge in [-0.25, -0.2) is 4.79 Å². The van der Waals surface area contributed by atoms with Gasteiger partial charge < -0.3 is 9.15 Å². The van der Waals surface area contributed by atoms with E-state index in [-0.39, 0.29) is 10.9 Å². The molecule has 5 heteroatoms. The smallest absolute Gasteiger partial charge is 0.416 e. The van der Waals surface area contributed by atoms with Crippen molar-refractivity contribution in [3.8, 4) is 5.75 Å². The molecule has 0 amide bonds. The molecule has 0 aliphatic heterocycles. The lowest BCUT2D eigenvalue weighted by Gasteiger charge is -2.24. The van der Waals surface area contributed by atoms with Gasteiger partial charge in [0.05, 0.1) is 5.75 Å². The van der Waals surface area contributed by atoms with E-state index in [2.05, 4.69) is 31.8 Å². The van der Waals surface area contributed by atoms with Crippen LogP contribution in [0.3, 0.4) is 0 Å². The Morgan fingerprint density at radius 1 is 1.33 bits per heavy atom. The third-order valence-electron chi connectivity index (χ3n) is 3.02. The van der Waals surface area contributed by atoms with E-state index in [1.807, 2.05) is 25.1 Å². The fraction of sp³-hybridized carbons (Fsp3) is 0.438. The molecule has 1 atom stereocenters. The lowest BCUT2D eigenvalue weighted by molar-refractivity contribution is 0.299. The highest BCUT2D eigenvalue weighted by Crippen LogP contribution is 2.33. The molecule has 0 bridgehead atoms. The number of hydrogen-bond acceptors (Lipinski definition) is 4. The van der Waals surface area contributed by atoms with Crippen LogP contribution in [0.1, 0.15) is 39.0 Å². The number of ether oxygens (including phenoxy) is 1. The maximum atomic E-state index is 10.9. The van der Waals surface area contributed by atoms with Crippen LogP contribution in [0.2, 0.25) is 0 Å². The van der Waals surface area contributed by atoms with E-state index in [1.165, 1.54) is 5.56 Å². The lowest BCUT2D eigenvalue weighted by Crippen LogP contribution is -2.16. The minimum atomic E-state index is -0.419. The number of aromatic nitrogens is 1. The Bertz CT molecular complexity index is 639. The van der Waals surface area contributed by atoms with E-state index < -0.39 is 5.76 Å². The summed E-state index contributed by atoms with van der Waals surface area (Å²) in [6.07, 6.45) is 1.59. The third kappa shape index (κ3) is 4.43. The van der Waals surface area contributed by atoms with Crippen LogP contribution >= 0.6 is 11.8 Å². The van der Waals surface area contributed by atoms with Gasteiger partial charge in [0.15, 0.2) is 0 Å². The molecule has 4 nitrogen and oxygen atoms in total. The van der Waals surface area contributed by atoms with Crippen LogP contribution in [0.25, 0.3) is 0 Å². The van der Waals surface area contributed by atoms with E-state index in [1.54, 1.807) is 18.0 Å². The normalized spacial score (nSPS) is 13.1. The van der Waals surface area contributed by atoms with Crippen LogP contribution in [0, 0.1) is 0 Å². The monoisotopic (exact) mass is 307 g/mol. The maximum Gasteiger partial charge on any atom is 0.416 e. The zero-order valence-corrected chi connectivity index (χ0v) is 13.6. The first-order valence-corrected chi connectivity index (χ1v) is 7.96. The van der Waals surface area contributed by atoms with E-state index in [9.17, 15) is 4.79 Å². The fourth-order valence-electron chi connectivity index (χ4n) is 1.99. The predicted octanol–water partition coefficient (Wildman–Crippen LogP) is 3.92. The Kier molecular flexibility index (Phi) is 4.83. The molecule has 2 rings (SSSR count). The van der Waals surface area contributed by atoms with Crippen molar-refractivity contribution in [2.24, 2.45) is 0 Å². The molecule has 0 spiro atoms. The van der Waals surface area contributed by atoms with Crippen molar-refractivity contribution in [1.82, 2.24) is 4.98 Å². The summed E-state index contributed by atoms with van der Waals surface area (Å²) in [4.78, 5) is 13.4. The molecule has 0 saturated heterocycles. The third-order valence-corrected chi connectivity index (χ3v) is 4.04. The number of thioether (sulfide) groups is 1. The molecule has 1 N–H and O–H groups in total. The molecular formula is C16H21NO3S. The number of hydrogen-bond donors (Lipinski definition) is 1. The first kappa shape index (κ1) is 15.8. The second-order valence-corrected chi connectivity index (χ2v) is 7.17. The number of nitrogens with one attached hydrogen (secondary N) is 1. The van der Waals surface area contributed by atoms with Crippen molar-refractivity contribution in [1.29, 1.82) is 0 Å². The number of oxazole rings is 1. The zero-order chi connectivity index (χ0) is 15.5. The molecule has 0 aliphatic rings. The molecule has 1 heterocycles. The highest BCUT2D eigenvalue weighted by Gasteiger charge is 2.19. The van der Waals surface area contributed by atoms with Crippen LogP contribution < -0.4 is 10.5 Å². The minimum Gasteiger partial charge on any atom is -0.480 e. The van der Waals surface area contributed by atoms with E-state index >= 15 is 0 Å². The van der Waals surface area contributed by atoms with Crippen molar-refractivity contribution in [3.63, 3.8) is 0 Å². The highest BCUT2D eigenvalue weighted by molar-refractivity contribution is 7.98. The highest BCUT2D eigenvalue weighted by atomic mass is 32.2. The van der Waals surface area contributed by atoms with Gasteiger partial charge in [0.1, 0.15) is 16.9 Å². The Hall–Kier alpha value is -1.62. The van der Waals surface area contributed by atoms with Gasteiger partial charge in [0.25, 0.3) is 0 Å². The van der Waals surface area contributed by atoms with Crippen molar-refractivity contribution < 1.29 is 9.15 Å². The molecule has 21 heavy (non-hydrogen) atoms. The molecule has 0 aliphatic carbocycles. The van der Waals surface area contributed by atoms with Gasteiger partial charge in [-0.3, -0.25) is 4.98 Å². The van der Waals surface area contributed by atoms with Crippen LogP contribution in [-0.4, -0.2) is 10.4 Å². The molecule has 1 aromatic carbocycles. The lowest BCUT2D eigenvalue weighted by atomic mass is 9.86. The SMILES string of the molecule is CC(Oc1ccccc1C(C)(C)C)SCc1c[nH]c(=O)o1. The fourth-order valence-corrected chi connectivity index (χ4v) is 2.70. The molecule has 114 valence electrons. The zero-order valence-electron chi connectivity index (χ0n) is 12.8. The van der Waals surface area contributed by atoms with Crippen molar-refractivity contribution in [3.05, 3.63) is 52.3 Å². The number of rotatable bonds is 5. The predicted molar refractivity (Wildman–Crippen MR) is 85.9 cm³/mol. The van der Waals surface area contributed by atoms with Gasteiger partial charge in [-0.1, -0.05) is 39.0 Å². The summed E-state index contributed by atoms with van der Waals surface area (Å²) in [7, 11) is 0. The van der Waals surface area contributed by atoms with Crippen LogP contribution in [0.5, 0.6) is 5.75 Å². The van der Waals surface area contributed by atoms with Crippen molar-refractivity contribution >= 4 is 11.8 Å². The maximum absolute atomic E-state index is 10.9. The first-order chi connectivity index (χ1) is 9.86. The second-order valence-electron chi connectivity index (χ2n) is 5.89. The van der Waals surface area contributed by atoms with E-state index in [0.717, 1.165) is 5.75 Å². The molecule has 0 saturated carbocycles. The number of H-pyrrole nitrogens is 1. The van der Waals surface area contributed by atoms with Crippen molar-refractivity contribution in [2.45, 2.75) is 44.3 Å². The summed E-state index contributed by atoms with van der Waals surface area (Å²) in [5.41, 5.74) is 1.19. The molecule has 1 aromatic heterocycles. The molecule has 1 unspecified atom stereocenters. The summed E-state index contributed by atoms with van der Waals surface area (Å²) in [5, 5.41) is 0. The van der Waals surface area contributed by atoms with Gasteiger partial charge >= 0.3 is 5.76 Å². The Balaban J connectivity index is 1.99. The average Bonchev–Trinajstić information content (AvgIpc) is 2.82. The largest absolute Gasteiger partial charge is 0.480 e. The minimum absolute atomic E-state index is 0.0336. The molecule has 2 aromatic rings. The summed E-state index contributed by atoms with van der Waals surface area (Å²) in [6, 6.07) is 8.10. The standard InChI is InChI=1S/C16H21NO3S/c1-11(21-10-12-9-17-15(18)20-12)19-14-8-6-5-7-13(14)16(2,3)4/h5-9,11H,10H2,1-4H3,(H,17,18). The van der Waals surface area contributed by atoms with Gasteiger partial charge in [0.2, 0.25) is 0 Å². The molecular weight excluding hydrogens is 286 g/mol. The van der Waals surface area contributed by atoms with Crippen LogP contribution in [0.4, 0.5) is 0 Å². The van der Waals surface area contributed by atoms with Gasteiger partial charge in [-0.15, -0.1) is 11.8 Å². The summed E-state index contributed by atoms with van der Waals surface area (Å²) in [5.74, 6) is 1.71. The van der Waals surface area contributed by atoms with Gasteiger partial charge in [-0.2, -0.15) is 0 Å². The van der Waals surface area contributed by atoms with E-state index in [0.29, 0.717) is 11.5 Å². The molecule has 0 radical (unpaired) electrons. The average molecular weight is 307 g/mol. The summed E-state index contributed by atoms with van der Waals surface area (Å²) >= 11 is 1.58. The Morgan fingerprint density at radius 2 is 2.05 bits per heavy atom. The Labute approximate surface area is 128 Å². The number of aromatic amines is 1. The quantitative estimate of drug-likeness (QED) is 0.851. The summed E-state index contributed by atoms with van der Waals surface area (Å²) in [6.45, 7) is 8.50. The second kappa shape index (κ2) is 6.43. The number of para-hydroxylation sites is 1. The Morgan fingerprint density at radius 3 is 2.67 bits per heavy atom. The van der Waals surface area contributed by atoms with E-state index in [4.69, 9.17) is 9.15 Å². The topological polar surface area (TPSA) is 55.2 Å². The van der Waals surface area contributed by atoms with Crippen molar-refractivity contribution in [2.75, 3.05) is 0 Å². The summed E-state index contributed by atoms with van der Waals surface area (Å²) < 4.78 is 11.0. The van der Waals surface area contributed by atoms with Crippen LogP contribution in [-0.2, 0) is 11.2 Å². The number of benzene rings is 1. The first-order valence-electron chi connectivity index (χ1n) is 6.91. The van der Waals surface area contributed by atoms with Crippen LogP contribution in [0.15, 0.2) is 39.7 Å². The molecule has 0 fully saturated rings. The van der Waals surface area contributed by atoms with Gasteiger partial charge in [0, 0.05) is 6.20 Å². The van der Waals surface area contributed by atoms with Gasteiger partial charge in [-0.05, 0) is 24.0 Å².